The van der Waals surface area contributed by atoms with Crippen molar-refractivity contribution in [3.63, 3.8) is 0 Å². The summed E-state index contributed by atoms with van der Waals surface area (Å²) in [7, 11) is -3.52. The summed E-state index contributed by atoms with van der Waals surface area (Å²) in [6.45, 7) is 3.59. The zero-order chi connectivity index (χ0) is 16.4. The highest BCUT2D eigenvalue weighted by atomic mass is 32.2. The van der Waals surface area contributed by atoms with E-state index in [1.165, 1.54) is 0 Å². The van der Waals surface area contributed by atoms with E-state index in [2.05, 4.69) is 17.0 Å². The highest BCUT2D eigenvalue weighted by Gasteiger charge is 2.25. The summed E-state index contributed by atoms with van der Waals surface area (Å²) in [6.07, 6.45) is 3.01. The molecule has 2 unspecified atom stereocenters. The van der Waals surface area contributed by atoms with Crippen LogP contribution in [0.5, 0.6) is 0 Å². The maximum Gasteiger partial charge on any atom is 0.240 e. The number of nitrogens with one attached hydrogen (secondary N) is 2. The first-order valence-corrected chi connectivity index (χ1v) is 9.60. The van der Waals surface area contributed by atoms with Gasteiger partial charge in [-0.15, -0.1) is 0 Å². The van der Waals surface area contributed by atoms with Crippen LogP contribution in [0.15, 0.2) is 29.2 Å². The Kier molecular flexibility index (Phi) is 4.70. The Balaban J connectivity index is 1.71. The van der Waals surface area contributed by atoms with Crippen molar-refractivity contribution < 1.29 is 13.2 Å². The van der Waals surface area contributed by atoms with Crippen LogP contribution in [0.25, 0.3) is 0 Å². The van der Waals surface area contributed by atoms with E-state index in [1.54, 1.807) is 29.2 Å². The molecule has 0 radical (unpaired) electrons. The van der Waals surface area contributed by atoms with Crippen LogP contribution in [0.1, 0.15) is 32.6 Å². The number of hydrogen-bond donors (Lipinski definition) is 2. The number of rotatable bonds is 4. The lowest BCUT2D eigenvalue weighted by Crippen LogP contribution is -2.46. The first kappa shape index (κ1) is 16.4. The molecule has 2 heterocycles. The Bertz CT molecular complexity index is 672. The summed E-state index contributed by atoms with van der Waals surface area (Å²) in [5, 5.41) is 3.31. The number of carbonyl (C=O) groups is 1. The lowest BCUT2D eigenvalue weighted by Gasteiger charge is -2.28. The van der Waals surface area contributed by atoms with E-state index in [4.69, 9.17) is 0 Å². The predicted octanol–water partition coefficient (Wildman–Crippen LogP) is 1.23. The van der Waals surface area contributed by atoms with Gasteiger partial charge in [-0.3, -0.25) is 4.79 Å². The SMILES string of the molecule is CC1CC(NS(=O)(=O)c2ccc(N3CCCC3=O)cc2)CCN1. The fourth-order valence-corrected chi connectivity index (χ4v) is 4.54. The minimum atomic E-state index is -3.52. The van der Waals surface area contributed by atoms with Crippen molar-refractivity contribution in [3.05, 3.63) is 24.3 Å². The summed E-state index contributed by atoms with van der Waals surface area (Å²) >= 11 is 0. The summed E-state index contributed by atoms with van der Waals surface area (Å²) in [6, 6.07) is 6.86. The number of amides is 1. The third-order valence-electron chi connectivity index (χ3n) is 4.48. The molecule has 23 heavy (non-hydrogen) atoms. The van der Waals surface area contributed by atoms with Crippen molar-refractivity contribution in [2.24, 2.45) is 0 Å². The van der Waals surface area contributed by atoms with Gasteiger partial charge in [-0.25, -0.2) is 13.1 Å². The second kappa shape index (κ2) is 6.59. The van der Waals surface area contributed by atoms with Crippen molar-refractivity contribution in [3.8, 4) is 0 Å². The van der Waals surface area contributed by atoms with Gasteiger partial charge in [0.05, 0.1) is 4.90 Å². The topological polar surface area (TPSA) is 78.5 Å². The van der Waals surface area contributed by atoms with Gasteiger partial charge in [-0.1, -0.05) is 0 Å². The Hall–Kier alpha value is -1.44. The van der Waals surface area contributed by atoms with E-state index in [0.717, 1.165) is 31.5 Å². The Morgan fingerprint density at radius 1 is 1.26 bits per heavy atom. The van der Waals surface area contributed by atoms with E-state index < -0.39 is 10.0 Å². The van der Waals surface area contributed by atoms with Crippen molar-refractivity contribution in [1.82, 2.24) is 10.0 Å². The van der Waals surface area contributed by atoms with Crippen LogP contribution >= 0.6 is 0 Å². The molecule has 7 heteroatoms. The normalized spacial score (nSPS) is 25.8. The number of benzene rings is 1. The third kappa shape index (κ3) is 3.73. The number of anilines is 1. The van der Waals surface area contributed by atoms with Gasteiger partial charge in [0.15, 0.2) is 0 Å². The number of hydrogen-bond acceptors (Lipinski definition) is 4. The molecule has 1 amide bonds. The van der Waals surface area contributed by atoms with Crippen molar-refractivity contribution in [2.75, 3.05) is 18.0 Å². The van der Waals surface area contributed by atoms with E-state index >= 15 is 0 Å². The molecule has 2 saturated heterocycles. The smallest absolute Gasteiger partial charge is 0.240 e. The van der Waals surface area contributed by atoms with Crippen LogP contribution in [0, 0.1) is 0 Å². The standard InChI is InChI=1S/C16H23N3O3S/c1-12-11-13(8-9-17-12)18-23(21,22)15-6-4-14(5-7-15)19-10-2-3-16(19)20/h4-7,12-13,17-18H,2-3,8-11H2,1H3. The molecule has 3 rings (SSSR count). The average Bonchev–Trinajstić information content (AvgIpc) is 2.93. The molecule has 0 bridgehead atoms. The number of carbonyl (C=O) groups excluding carboxylic acids is 1. The summed E-state index contributed by atoms with van der Waals surface area (Å²) in [5.41, 5.74) is 0.766. The maximum atomic E-state index is 12.5. The average molecular weight is 337 g/mol. The molecule has 0 spiro atoms. The van der Waals surface area contributed by atoms with Crippen LogP contribution < -0.4 is 14.9 Å². The highest BCUT2D eigenvalue weighted by Crippen LogP contribution is 2.23. The molecule has 2 atom stereocenters. The first-order chi connectivity index (χ1) is 11.0. The molecular weight excluding hydrogens is 314 g/mol. The first-order valence-electron chi connectivity index (χ1n) is 8.12. The molecular formula is C16H23N3O3S. The van der Waals surface area contributed by atoms with Gasteiger partial charge in [-0.2, -0.15) is 0 Å². The van der Waals surface area contributed by atoms with Gasteiger partial charge in [0.25, 0.3) is 0 Å². The lowest BCUT2D eigenvalue weighted by atomic mass is 10.0. The molecule has 6 nitrogen and oxygen atoms in total. The van der Waals surface area contributed by atoms with Crippen LogP contribution in [0.2, 0.25) is 0 Å². The second-order valence-corrected chi connectivity index (χ2v) is 8.05. The van der Waals surface area contributed by atoms with Gasteiger partial charge in [0.2, 0.25) is 15.9 Å². The second-order valence-electron chi connectivity index (χ2n) is 6.34. The Labute approximate surface area is 137 Å². The highest BCUT2D eigenvalue weighted by molar-refractivity contribution is 7.89. The van der Waals surface area contributed by atoms with Gasteiger partial charge in [0, 0.05) is 30.7 Å². The zero-order valence-electron chi connectivity index (χ0n) is 13.3. The number of nitrogens with zero attached hydrogens (tertiary/aromatic N) is 1. The van der Waals surface area contributed by atoms with Gasteiger partial charge in [0.1, 0.15) is 0 Å². The molecule has 2 fully saturated rings. The van der Waals surface area contributed by atoms with Gasteiger partial charge in [-0.05, 0) is 57.0 Å². The molecule has 0 aliphatic carbocycles. The van der Waals surface area contributed by atoms with Crippen molar-refractivity contribution in [2.45, 2.75) is 49.6 Å². The fraction of sp³-hybridized carbons (Fsp3) is 0.562. The molecule has 0 aromatic heterocycles. The van der Waals surface area contributed by atoms with E-state index in [0.29, 0.717) is 19.0 Å². The largest absolute Gasteiger partial charge is 0.314 e. The Morgan fingerprint density at radius 3 is 2.61 bits per heavy atom. The monoisotopic (exact) mass is 337 g/mol. The minimum absolute atomic E-state index is 0.0314. The lowest BCUT2D eigenvalue weighted by molar-refractivity contribution is -0.117. The van der Waals surface area contributed by atoms with Crippen LogP contribution in [0.3, 0.4) is 0 Å². The molecule has 1 aromatic carbocycles. The van der Waals surface area contributed by atoms with Crippen molar-refractivity contribution in [1.29, 1.82) is 0 Å². The fourth-order valence-electron chi connectivity index (χ4n) is 3.25. The van der Waals surface area contributed by atoms with Gasteiger partial charge < -0.3 is 10.2 Å². The third-order valence-corrected chi connectivity index (χ3v) is 6.01. The number of piperidine rings is 1. The van der Waals surface area contributed by atoms with Gasteiger partial charge >= 0.3 is 0 Å². The predicted molar refractivity (Wildman–Crippen MR) is 88.8 cm³/mol. The maximum absolute atomic E-state index is 12.5. The molecule has 126 valence electrons. The van der Waals surface area contributed by atoms with E-state index in [-0.39, 0.29) is 16.8 Å². The van der Waals surface area contributed by atoms with Crippen LogP contribution in [-0.2, 0) is 14.8 Å². The molecule has 1 aromatic rings. The zero-order valence-corrected chi connectivity index (χ0v) is 14.1. The van der Waals surface area contributed by atoms with E-state index in [1.807, 2.05) is 0 Å². The molecule has 2 N–H and O–H groups in total. The van der Waals surface area contributed by atoms with Crippen LogP contribution in [0.4, 0.5) is 5.69 Å². The van der Waals surface area contributed by atoms with E-state index in [9.17, 15) is 13.2 Å². The molecule has 0 saturated carbocycles. The molecule has 2 aliphatic rings. The summed E-state index contributed by atoms with van der Waals surface area (Å²) < 4.78 is 27.8. The Morgan fingerprint density at radius 2 is 2.00 bits per heavy atom. The molecule has 2 aliphatic heterocycles. The summed E-state index contributed by atoms with van der Waals surface area (Å²) in [5.74, 6) is 0.0995. The quantitative estimate of drug-likeness (QED) is 0.866. The van der Waals surface area contributed by atoms with Crippen LogP contribution in [-0.4, -0.2) is 39.5 Å². The van der Waals surface area contributed by atoms with Crippen molar-refractivity contribution >= 4 is 21.6 Å². The summed E-state index contributed by atoms with van der Waals surface area (Å²) in [4.78, 5) is 13.7. The number of sulfonamides is 1. The minimum Gasteiger partial charge on any atom is -0.314 e.